The molecule has 90 valence electrons. The summed E-state index contributed by atoms with van der Waals surface area (Å²) < 4.78 is 5.54. The van der Waals surface area contributed by atoms with Crippen molar-refractivity contribution in [1.29, 1.82) is 0 Å². The standard InChI is InChI=1S/C13H22N2O/c1-2-3-4-5-6-10-16-11-12-8-7-9-13(14)15-12/h7-9H,2-6,10-11H2,1H3,(H2,14,15). The zero-order valence-electron chi connectivity index (χ0n) is 10.1. The molecule has 0 saturated carbocycles. The second-order valence-electron chi connectivity index (χ2n) is 4.02. The first-order valence-corrected chi connectivity index (χ1v) is 6.12. The molecule has 0 atom stereocenters. The molecule has 1 heterocycles. The average Bonchev–Trinajstić information content (AvgIpc) is 2.28. The number of aromatic nitrogens is 1. The van der Waals surface area contributed by atoms with Gasteiger partial charge in [0, 0.05) is 6.61 Å². The number of pyridine rings is 1. The Hall–Kier alpha value is -1.09. The molecule has 16 heavy (non-hydrogen) atoms. The summed E-state index contributed by atoms with van der Waals surface area (Å²) >= 11 is 0. The van der Waals surface area contributed by atoms with E-state index in [4.69, 9.17) is 10.5 Å². The summed E-state index contributed by atoms with van der Waals surface area (Å²) in [7, 11) is 0. The van der Waals surface area contributed by atoms with Crippen LogP contribution in [0, 0.1) is 0 Å². The highest BCUT2D eigenvalue weighted by molar-refractivity contribution is 5.28. The number of nitrogens with zero attached hydrogens (tertiary/aromatic N) is 1. The molecule has 0 unspecified atom stereocenters. The topological polar surface area (TPSA) is 48.1 Å². The zero-order valence-corrected chi connectivity index (χ0v) is 10.1. The highest BCUT2D eigenvalue weighted by Gasteiger charge is 1.95. The normalized spacial score (nSPS) is 10.6. The minimum Gasteiger partial charge on any atom is -0.384 e. The molecule has 0 bridgehead atoms. The average molecular weight is 222 g/mol. The van der Waals surface area contributed by atoms with Gasteiger partial charge in [0.1, 0.15) is 5.82 Å². The van der Waals surface area contributed by atoms with Gasteiger partial charge in [-0.1, -0.05) is 38.7 Å². The minimum absolute atomic E-state index is 0.559. The SMILES string of the molecule is CCCCCCCOCc1cccc(N)n1. The summed E-state index contributed by atoms with van der Waals surface area (Å²) in [6, 6.07) is 5.63. The van der Waals surface area contributed by atoms with Crippen molar-refractivity contribution in [2.24, 2.45) is 0 Å². The molecule has 1 aromatic heterocycles. The lowest BCUT2D eigenvalue weighted by Gasteiger charge is -2.04. The van der Waals surface area contributed by atoms with Gasteiger partial charge in [0.05, 0.1) is 12.3 Å². The van der Waals surface area contributed by atoms with E-state index in [1.807, 2.05) is 12.1 Å². The molecule has 3 nitrogen and oxygen atoms in total. The Balaban J connectivity index is 2.03. The summed E-state index contributed by atoms with van der Waals surface area (Å²) in [5, 5.41) is 0. The van der Waals surface area contributed by atoms with E-state index >= 15 is 0 Å². The molecule has 0 aliphatic carbocycles. The van der Waals surface area contributed by atoms with Gasteiger partial charge in [-0.2, -0.15) is 0 Å². The Morgan fingerprint density at radius 1 is 1.19 bits per heavy atom. The quantitative estimate of drug-likeness (QED) is 0.687. The highest BCUT2D eigenvalue weighted by Crippen LogP contribution is 2.05. The lowest BCUT2D eigenvalue weighted by Crippen LogP contribution is -1.99. The van der Waals surface area contributed by atoms with Crippen LogP contribution in [-0.4, -0.2) is 11.6 Å². The second kappa shape index (κ2) is 8.11. The van der Waals surface area contributed by atoms with Crippen molar-refractivity contribution in [2.45, 2.75) is 45.6 Å². The molecule has 0 aliphatic heterocycles. The van der Waals surface area contributed by atoms with Crippen LogP contribution in [0.5, 0.6) is 0 Å². The first-order valence-electron chi connectivity index (χ1n) is 6.12. The Kier molecular flexibility index (Phi) is 6.58. The maximum atomic E-state index is 5.58. The van der Waals surface area contributed by atoms with Crippen LogP contribution in [0.25, 0.3) is 0 Å². The van der Waals surface area contributed by atoms with Gasteiger partial charge in [-0.3, -0.25) is 0 Å². The van der Waals surface area contributed by atoms with Crippen molar-refractivity contribution in [3.05, 3.63) is 23.9 Å². The van der Waals surface area contributed by atoms with E-state index in [2.05, 4.69) is 11.9 Å². The summed E-state index contributed by atoms with van der Waals surface area (Å²) in [5.74, 6) is 0.559. The van der Waals surface area contributed by atoms with E-state index in [1.54, 1.807) is 6.07 Å². The number of unbranched alkanes of at least 4 members (excludes halogenated alkanes) is 4. The molecule has 0 saturated heterocycles. The largest absolute Gasteiger partial charge is 0.384 e. The van der Waals surface area contributed by atoms with E-state index in [0.29, 0.717) is 12.4 Å². The van der Waals surface area contributed by atoms with E-state index in [0.717, 1.165) is 18.7 Å². The van der Waals surface area contributed by atoms with E-state index < -0.39 is 0 Å². The van der Waals surface area contributed by atoms with Crippen LogP contribution in [0.1, 0.15) is 44.7 Å². The van der Waals surface area contributed by atoms with Crippen LogP contribution in [0.15, 0.2) is 18.2 Å². The van der Waals surface area contributed by atoms with Crippen LogP contribution < -0.4 is 5.73 Å². The molecule has 1 rings (SSSR count). The van der Waals surface area contributed by atoms with Gasteiger partial charge in [-0.15, -0.1) is 0 Å². The van der Waals surface area contributed by atoms with Crippen molar-refractivity contribution in [3.63, 3.8) is 0 Å². The van der Waals surface area contributed by atoms with Crippen LogP contribution in [0.2, 0.25) is 0 Å². The smallest absolute Gasteiger partial charge is 0.123 e. The van der Waals surface area contributed by atoms with E-state index in [1.165, 1.54) is 25.7 Å². The number of rotatable bonds is 8. The highest BCUT2D eigenvalue weighted by atomic mass is 16.5. The Morgan fingerprint density at radius 2 is 2.00 bits per heavy atom. The molecule has 0 spiro atoms. The predicted octanol–water partition coefficient (Wildman–Crippen LogP) is 3.15. The number of hydrogen-bond donors (Lipinski definition) is 1. The molecule has 0 aromatic carbocycles. The van der Waals surface area contributed by atoms with Crippen molar-refractivity contribution < 1.29 is 4.74 Å². The molecule has 1 aromatic rings. The Bertz CT molecular complexity index is 289. The number of ether oxygens (including phenoxy) is 1. The van der Waals surface area contributed by atoms with Gasteiger partial charge in [0.25, 0.3) is 0 Å². The molecular formula is C13H22N2O. The van der Waals surface area contributed by atoms with Crippen molar-refractivity contribution in [1.82, 2.24) is 4.98 Å². The first-order chi connectivity index (χ1) is 7.83. The van der Waals surface area contributed by atoms with Gasteiger partial charge in [0.15, 0.2) is 0 Å². The zero-order chi connectivity index (χ0) is 11.6. The lowest BCUT2D eigenvalue weighted by atomic mass is 10.2. The van der Waals surface area contributed by atoms with Crippen molar-refractivity contribution in [3.8, 4) is 0 Å². The maximum Gasteiger partial charge on any atom is 0.123 e. The molecule has 0 aliphatic rings. The Labute approximate surface area is 98.0 Å². The molecular weight excluding hydrogens is 200 g/mol. The van der Waals surface area contributed by atoms with Crippen molar-refractivity contribution in [2.75, 3.05) is 12.3 Å². The summed E-state index contributed by atoms with van der Waals surface area (Å²) in [5.41, 5.74) is 6.49. The summed E-state index contributed by atoms with van der Waals surface area (Å²) in [6.45, 7) is 3.61. The number of hydrogen-bond acceptors (Lipinski definition) is 3. The third-order valence-corrected chi connectivity index (χ3v) is 2.47. The number of anilines is 1. The first kappa shape index (κ1) is 13.0. The fraction of sp³-hybridized carbons (Fsp3) is 0.615. The Morgan fingerprint density at radius 3 is 2.75 bits per heavy atom. The second-order valence-corrected chi connectivity index (χ2v) is 4.02. The van der Waals surface area contributed by atoms with Gasteiger partial charge in [-0.25, -0.2) is 4.98 Å². The minimum atomic E-state index is 0.559. The van der Waals surface area contributed by atoms with Crippen LogP contribution >= 0.6 is 0 Å². The van der Waals surface area contributed by atoms with Crippen molar-refractivity contribution >= 4 is 5.82 Å². The molecule has 2 N–H and O–H groups in total. The third-order valence-electron chi connectivity index (χ3n) is 2.47. The lowest BCUT2D eigenvalue weighted by molar-refractivity contribution is 0.114. The molecule has 0 radical (unpaired) electrons. The molecule has 3 heteroatoms. The van der Waals surface area contributed by atoms with Gasteiger partial charge in [0.2, 0.25) is 0 Å². The fourth-order valence-electron chi connectivity index (χ4n) is 1.56. The molecule has 0 fully saturated rings. The number of nitrogens with two attached hydrogens (primary N) is 1. The van der Waals surface area contributed by atoms with Gasteiger partial charge < -0.3 is 10.5 Å². The molecule has 0 amide bonds. The van der Waals surface area contributed by atoms with Crippen LogP contribution in [0.3, 0.4) is 0 Å². The van der Waals surface area contributed by atoms with E-state index in [9.17, 15) is 0 Å². The number of nitrogen functional groups attached to an aromatic ring is 1. The summed E-state index contributed by atoms with van der Waals surface area (Å²) in [6.07, 6.45) is 6.34. The summed E-state index contributed by atoms with van der Waals surface area (Å²) in [4.78, 5) is 4.17. The van der Waals surface area contributed by atoms with E-state index in [-0.39, 0.29) is 0 Å². The van der Waals surface area contributed by atoms with Gasteiger partial charge in [-0.05, 0) is 18.6 Å². The maximum absolute atomic E-state index is 5.58. The monoisotopic (exact) mass is 222 g/mol. The fourth-order valence-corrected chi connectivity index (χ4v) is 1.56. The van der Waals surface area contributed by atoms with Gasteiger partial charge >= 0.3 is 0 Å². The predicted molar refractivity (Wildman–Crippen MR) is 67.1 cm³/mol. The third kappa shape index (κ3) is 5.71. The van der Waals surface area contributed by atoms with Crippen LogP contribution in [-0.2, 0) is 11.3 Å². The van der Waals surface area contributed by atoms with Crippen LogP contribution in [0.4, 0.5) is 5.82 Å².